The summed E-state index contributed by atoms with van der Waals surface area (Å²) in [5.74, 6) is 1.38. The molecule has 2 aromatic carbocycles. The molecule has 0 radical (unpaired) electrons. The van der Waals surface area contributed by atoms with Crippen molar-refractivity contribution in [3.05, 3.63) is 61.2 Å². The summed E-state index contributed by atoms with van der Waals surface area (Å²) in [6, 6.07) is 16.3. The number of rotatable bonds is 12. The maximum absolute atomic E-state index is 4.34. The van der Waals surface area contributed by atoms with E-state index in [0.717, 1.165) is 43.7 Å². The Morgan fingerprint density at radius 1 is 0.610 bits per heavy atom. The van der Waals surface area contributed by atoms with Crippen LogP contribution in [0.4, 0.5) is 34.6 Å². The van der Waals surface area contributed by atoms with Crippen LogP contribution >= 0.6 is 0 Å². The summed E-state index contributed by atoms with van der Waals surface area (Å²) in [6.45, 7) is 2.01. The summed E-state index contributed by atoms with van der Waals surface area (Å²) in [4.78, 5) is 4.56. The minimum Gasteiger partial charge on any atom is -0.375 e. The first kappa shape index (κ1) is 32.7. The van der Waals surface area contributed by atoms with Crippen molar-refractivity contribution in [3.8, 4) is 0 Å². The Bertz CT molecular complexity index is 1250. The predicted molar refractivity (Wildman–Crippen MR) is 164 cm³/mol. The first-order valence-corrected chi connectivity index (χ1v) is 13.0. The van der Waals surface area contributed by atoms with Gasteiger partial charge in [0.1, 0.15) is 0 Å². The van der Waals surface area contributed by atoms with Crippen molar-refractivity contribution in [1.82, 2.24) is 19.6 Å². The van der Waals surface area contributed by atoms with Crippen molar-refractivity contribution in [2.75, 3.05) is 37.0 Å². The van der Waals surface area contributed by atoms with Crippen molar-refractivity contribution in [1.29, 1.82) is 0 Å². The van der Waals surface area contributed by atoms with E-state index in [1.807, 2.05) is 61.6 Å². The topological polar surface area (TPSA) is 99.3 Å². The van der Waals surface area contributed by atoms with Gasteiger partial charge in [-0.05, 0) is 78.0 Å². The predicted octanol–water partition coefficient (Wildman–Crippen LogP) is 5.65. The highest BCUT2D eigenvalue weighted by molar-refractivity contribution is 5.53. The van der Waals surface area contributed by atoms with Gasteiger partial charge in [-0.3, -0.25) is 0 Å². The van der Waals surface area contributed by atoms with E-state index in [2.05, 4.69) is 78.8 Å². The van der Waals surface area contributed by atoms with Crippen molar-refractivity contribution >= 4 is 34.6 Å². The minimum atomic E-state index is 0. The molecule has 0 saturated carbocycles. The highest BCUT2D eigenvalue weighted by Gasteiger charge is 2.12. The quantitative estimate of drug-likeness (QED) is 0.127. The summed E-state index contributed by atoms with van der Waals surface area (Å²) < 4.78 is 7.05. The first-order chi connectivity index (χ1) is 18.8. The molecule has 0 atom stereocenters. The molecule has 0 spiro atoms. The van der Waals surface area contributed by atoms with E-state index in [9.17, 15) is 0 Å². The summed E-state index contributed by atoms with van der Waals surface area (Å²) in [7, 11) is 11.8. The van der Waals surface area contributed by atoms with Crippen LogP contribution in [0.3, 0.4) is 0 Å². The van der Waals surface area contributed by atoms with Gasteiger partial charge in [0.15, 0.2) is 0 Å². The highest BCUT2D eigenvalue weighted by atomic mass is 15.4. The smallest absolute Gasteiger partial charge is 0.375 e. The lowest BCUT2D eigenvalue weighted by Gasteiger charge is -2.21. The SMILES string of the molecule is C.C.CN(CCCCCN(C)c1ccc(N=Nc2n(C)nc[n+]2C)cc1)c1ccc(N=Nc2n(C)nc[n+]2C)cc1. The minimum absolute atomic E-state index is 0. The fourth-order valence-corrected chi connectivity index (χ4v) is 4.13. The van der Waals surface area contributed by atoms with E-state index in [1.54, 1.807) is 22.0 Å². The molecule has 2 aromatic heterocycles. The molecular weight excluding hydrogens is 516 g/mol. The van der Waals surface area contributed by atoms with Crippen LogP contribution in [0, 0.1) is 0 Å². The molecule has 0 N–H and O–H groups in total. The zero-order chi connectivity index (χ0) is 27.8. The fraction of sp³-hybridized carbons (Fsp3) is 0.448. The second-order valence-corrected chi connectivity index (χ2v) is 9.67. The molecule has 12 nitrogen and oxygen atoms in total. The van der Waals surface area contributed by atoms with Gasteiger partial charge in [-0.1, -0.05) is 25.1 Å². The zero-order valence-electron chi connectivity index (χ0n) is 23.7. The highest BCUT2D eigenvalue weighted by Crippen LogP contribution is 2.22. The number of hydrogen-bond donors (Lipinski definition) is 0. The summed E-state index contributed by atoms with van der Waals surface area (Å²) >= 11 is 0. The molecule has 0 unspecified atom stereocenters. The van der Waals surface area contributed by atoms with Crippen molar-refractivity contribution in [2.24, 2.45) is 48.6 Å². The Balaban J connectivity index is 0.00000294. The molecule has 0 fully saturated rings. The lowest BCUT2D eigenvalue weighted by atomic mass is 10.2. The maximum atomic E-state index is 4.34. The van der Waals surface area contributed by atoms with Crippen LogP contribution in [-0.4, -0.2) is 46.7 Å². The van der Waals surface area contributed by atoms with Crippen molar-refractivity contribution in [2.45, 2.75) is 34.1 Å². The van der Waals surface area contributed by atoms with Crippen LogP contribution in [-0.2, 0) is 28.2 Å². The number of unbranched alkanes of at least 4 members (excludes halogenated alkanes) is 2. The van der Waals surface area contributed by atoms with E-state index >= 15 is 0 Å². The summed E-state index contributed by atoms with van der Waals surface area (Å²) in [5.41, 5.74) is 3.98. The largest absolute Gasteiger partial charge is 0.403 e. The average Bonchev–Trinajstić information content (AvgIpc) is 3.44. The van der Waals surface area contributed by atoms with E-state index in [-0.39, 0.29) is 14.9 Å². The molecule has 0 aliphatic rings. The molecular formula is C29H46N12+2. The molecule has 41 heavy (non-hydrogen) atoms. The molecule has 4 rings (SSSR count). The third kappa shape index (κ3) is 8.75. The van der Waals surface area contributed by atoms with Gasteiger partial charge in [0.25, 0.3) is 0 Å². The molecule has 0 amide bonds. The van der Waals surface area contributed by atoms with E-state index < -0.39 is 0 Å². The van der Waals surface area contributed by atoms with Gasteiger partial charge in [-0.15, -0.1) is 9.36 Å². The number of hydrogen-bond acceptors (Lipinski definition) is 8. The standard InChI is InChI=1S/C27H38N12.2CH4/c1-34(24-14-10-22(11-15-24)30-32-26-36(3)20-28-38(26)5)18-8-7-9-19-35(2)25-16-12-23(13-17-25)31-33-27-37(4)21-29-39(27)6;;/h10-17,20-21H,7-9,18-19H2,1-6H3;2*1H4/q+2;;. The Kier molecular flexibility index (Phi) is 12.2. The zero-order valence-corrected chi connectivity index (χ0v) is 23.7. The molecule has 0 saturated heterocycles. The number of azo groups is 2. The Morgan fingerprint density at radius 2 is 0.976 bits per heavy atom. The van der Waals surface area contributed by atoms with Crippen LogP contribution in [0.1, 0.15) is 34.1 Å². The van der Waals surface area contributed by atoms with E-state index in [4.69, 9.17) is 0 Å². The molecule has 12 heteroatoms. The maximum Gasteiger partial charge on any atom is 0.403 e. The van der Waals surface area contributed by atoms with Gasteiger partial charge in [0.2, 0.25) is 12.7 Å². The van der Waals surface area contributed by atoms with E-state index in [1.165, 1.54) is 11.4 Å². The number of nitrogens with zero attached hydrogens (tertiary/aromatic N) is 12. The van der Waals surface area contributed by atoms with Gasteiger partial charge < -0.3 is 9.80 Å². The number of aromatic nitrogens is 6. The third-order valence-corrected chi connectivity index (χ3v) is 6.58. The third-order valence-electron chi connectivity index (χ3n) is 6.58. The van der Waals surface area contributed by atoms with Crippen molar-refractivity contribution in [3.63, 3.8) is 0 Å². The number of benzene rings is 2. The normalized spacial score (nSPS) is 11.1. The molecule has 0 aliphatic heterocycles. The summed E-state index contributed by atoms with van der Waals surface area (Å²) in [5, 5.41) is 25.6. The Morgan fingerprint density at radius 3 is 1.29 bits per heavy atom. The van der Waals surface area contributed by atoms with Crippen LogP contribution in [0.2, 0.25) is 0 Å². The second-order valence-electron chi connectivity index (χ2n) is 9.67. The van der Waals surface area contributed by atoms with Gasteiger partial charge in [0, 0.05) is 48.8 Å². The lowest BCUT2D eigenvalue weighted by Crippen LogP contribution is -2.25. The van der Waals surface area contributed by atoms with Crippen LogP contribution < -0.4 is 18.9 Å². The van der Waals surface area contributed by atoms with Gasteiger partial charge in [-0.2, -0.15) is 0 Å². The van der Waals surface area contributed by atoms with Crippen LogP contribution in [0.25, 0.3) is 0 Å². The van der Waals surface area contributed by atoms with Gasteiger partial charge in [0.05, 0.1) is 39.6 Å². The molecule has 0 aliphatic carbocycles. The van der Waals surface area contributed by atoms with Crippen LogP contribution in [0.5, 0.6) is 0 Å². The lowest BCUT2D eigenvalue weighted by molar-refractivity contribution is -0.659. The molecule has 0 bridgehead atoms. The Hall–Kier alpha value is -4.48. The summed E-state index contributed by atoms with van der Waals surface area (Å²) in [6.07, 6.45) is 6.85. The second kappa shape index (κ2) is 15.3. The number of anilines is 2. The van der Waals surface area contributed by atoms with Crippen LogP contribution in [0.15, 0.2) is 81.6 Å². The molecule has 4 aromatic rings. The van der Waals surface area contributed by atoms with Gasteiger partial charge in [-0.25, -0.2) is 9.13 Å². The number of aryl methyl sites for hydroxylation is 4. The monoisotopic (exact) mass is 562 g/mol. The van der Waals surface area contributed by atoms with Crippen molar-refractivity contribution < 1.29 is 9.13 Å². The fourth-order valence-electron chi connectivity index (χ4n) is 4.13. The Labute approximate surface area is 244 Å². The van der Waals surface area contributed by atoms with Gasteiger partial charge >= 0.3 is 11.9 Å². The van der Waals surface area contributed by atoms with E-state index in [0.29, 0.717) is 11.9 Å². The molecule has 2 heterocycles. The average molecular weight is 563 g/mol. The first-order valence-electron chi connectivity index (χ1n) is 13.0. The molecule has 220 valence electrons.